The van der Waals surface area contributed by atoms with Crippen molar-refractivity contribution in [1.29, 1.82) is 0 Å². The molecule has 0 aliphatic carbocycles. The molecule has 0 saturated carbocycles. The zero-order valence-electron chi connectivity index (χ0n) is 14.7. The molecule has 7 nitrogen and oxygen atoms in total. The van der Waals surface area contributed by atoms with Crippen molar-refractivity contribution in [3.05, 3.63) is 46.3 Å². The highest BCUT2D eigenvalue weighted by Gasteiger charge is 2.26. The van der Waals surface area contributed by atoms with Crippen LogP contribution < -0.4 is 10.1 Å². The number of esters is 1. The van der Waals surface area contributed by atoms with Gasteiger partial charge in [-0.1, -0.05) is 0 Å². The lowest BCUT2D eigenvalue weighted by Crippen LogP contribution is -2.31. The molecule has 0 spiro atoms. The van der Waals surface area contributed by atoms with Gasteiger partial charge in [0.2, 0.25) is 0 Å². The number of rotatable bonds is 4. The number of nitrogens with zero attached hydrogens (tertiary/aromatic N) is 2. The van der Waals surface area contributed by atoms with Crippen LogP contribution in [0.15, 0.2) is 18.2 Å². The predicted octanol–water partition coefficient (Wildman–Crippen LogP) is 1.87. The summed E-state index contributed by atoms with van der Waals surface area (Å²) in [5.74, 6) is 0.252. The summed E-state index contributed by atoms with van der Waals surface area (Å²) in [4.78, 5) is 24.1. The SMILES string of the molecule is COC(=O)c1c(COc2ccc3c(c2)CCNC3=O)nn2c1CCCC2. The van der Waals surface area contributed by atoms with Crippen molar-refractivity contribution < 1.29 is 19.1 Å². The first-order chi connectivity index (χ1) is 12.7. The first-order valence-electron chi connectivity index (χ1n) is 8.88. The van der Waals surface area contributed by atoms with Crippen LogP contribution in [-0.2, 0) is 30.7 Å². The Hall–Kier alpha value is -2.83. The van der Waals surface area contributed by atoms with Gasteiger partial charge in [-0.15, -0.1) is 0 Å². The van der Waals surface area contributed by atoms with Crippen molar-refractivity contribution >= 4 is 11.9 Å². The third kappa shape index (κ3) is 2.94. The van der Waals surface area contributed by atoms with Gasteiger partial charge < -0.3 is 14.8 Å². The number of hydrogen-bond donors (Lipinski definition) is 1. The predicted molar refractivity (Wildman–Crippen MR) is 93.3 cm³/mol. The number of carbonyl (C=O) groups excluding carboxylic acids is 2. The Morgan fingerprint density at radius 1 is 1.31 bits per heavy atom. The Bertz CT molecular complexity index is 872. The van der Waals surface area contributed by atoms with Gasteiger partial charge in [0, 0.05) is 18.7 Å². The number of hydrogen-bond acceptors (Lipinski definition) is 5. The molecule has 7 heteroatoms. The van der Waals surface area contributed by atoms with E-state index < -0.39 is 0 Å². The summed E-state index contributed by atoms with van der Waals surface area (Å²) < 4.78 is 12.7. The summed E-state index contributed by atoms with van der Waals surface area (Å²) >= 11 is 0. The highest BCUT2D eigenvalue weighted by Crippen LogP contribution is 2.25. The van der Waals surface area contributed by atoms with Gasteiger partial charge in [0.1, 0.15) is 23.6 Å². The third-order valence-corrected chi connectivity index (χ3v) is 4.93. The second kappa shape index (κ2) is 6.82. The van der Waals surface area contributed by atoms with E-state index in [1.54, 1.807) is 12.1 Å². The molecule has 0 bridgehead atoms. The van der Waals surface area contributed by atoms with Crippen molar-refractivity contribution in [1.82, 2.24) is 15.1 Å². The number of nitrogens with one attached hydrogen (secondary N) is 1. The standard InChI is InChI=1S/C19H21N3O4/c1-25-19(24)17-15(21-22-9-3-2-4-16(17)22)11-26-13-5-6-14-12(10-13)7-8-20-18(14)23/h5-6,10H,2-4,7-9,11H2,1H3,(H,20,23). The van der Waals surface area contributed by atoms with Gasteiger partial charge in [-0.25, -0.2) is 4.79 Å². The maximum Gasteiger partial charge on any atom is 0.341 e. The van der Waals surface area contributed by atoms with Crippen LogP contribution in [0.3, 0.4) is 0 Å². The van der Waals surface area contributed by atoms with E-state index in [1.807, 2.05) is 10.7 Å². The summed E-state index contributed by atoms with van der Waals surface area (Å²) in [6.07, 6.45) is 3.71. The fourth-order valence-electron chi connectivity index (χ4n) is 3.63. The van der Waals surface area contributed by atoms with Crippen molar-refractivity contribution in [2.45, 2.75) is 38.8 Å². The molecule has 1 N–H and O–H groups in total. The summed E-state index contributed by atoms with van der Waals surface area (Å²) in [5.41, 5.74) is 3.73. The molecule has 2 aliphatic heterocycles. The van der Waals surface area contributed by atoms with Gasteiger partial charge in [0.15, 0.2) is 0 Å². The van der Waals surface area contributed by atoms with Crippen LogP contribution in [0.5, 0.6) is 5.75 Å². The molecule has 0 unspecified atom stereocenters. The van der Waals surface area contributed by atoms with Crippen LogP contribution in [-0.4, -0.2) is 35.3 Å². The minimum atomic E-state index is -0.367. The molecule has 2 aromatic rings. The number of aryl methyl sites for hydroxylation is 1. The van der Waals surface area contributed by atoms with E-state index in [2.05, 4.69) is 10.4 Å². The summed E-state index contributed by atoms with van der Waals surface area (Å²) in [6.45, 7) is 1.64. The van der Waals surface area contributed by atoms with E-state index in [-0.39, 0.29) is 18.5 Å². The third-order valence-electron chi connectivity index (χ3n) is 4.93. The average Bonchev–Trinajstić information content (AvgIpc) is 3.04. The number of benzene rings is 1. The fourth-order valence-corrected chi connectivity index (χ4v) is 3.63. The Labute approximate surface area is 151 Å². The molecule has 0 radical (unpaired) electrons. The average molecular weight is 355 g/mol. The molecular weight excluding hydrogens is 334 g/mol. The van der Waals surface area contributed by atoms with Crippen LogP contribution >= 0.6 is 0 Å². The smallest absolute Gasteiger partial charge is 0.341 e. The van der Waals surface area contributed by atoms with Gasteiger partial charge in [-0.3, -0.25) is 9.48 Å². The molecule has 26 heavy (non-hydrogen) atoms. The topological polar surface area (TPSA) is 82.4 Å². The van der Waals surface area contributed by atoms with Crippen molar-refractivity contribution in [3.8, 4) is 5.75 Å². The summed E-state index contributed by atoms with van der Waals surface area (Å²) in [6, 6.07) is 5.44. The maximum absolute atomic E-state index is 12.2. The van der Waals surface area contributed by atoms with E-state index in [1.165, 1.54) is 7.11 Å². The van der Waals surface area contributed by atoms with Gasteiger partial charge >= 0.3 is 5.97 Å². The highest BCUT2D eigenvalue weighted by atomic mass is 16.5. The largest absolute Gasteiger partial charge is 0.487 e. The molecule has 1 aromatic carbocycles. The Morgan fingerprint density at radius 3 is 3.04 bits per heavy atom. The Kier molecular flexibility index (Phi) is 4.36. The second-order valence-corrected chi connectivity index (χ2v) is 6.55. The van der Waals surface area contributed by atoms with Crippen molar-refractivity contribution in [2.75, 3.05) is 13.7 Å². The van der Waals surface area contributed by atoms with Gasteiger partial charge in [-0.2, -0.15) is 5.10 Å². The number of fused-ring (bicyclic) bond motifs is 2. The van der Waals surface area contributed by atoms with Crippen molar-refractivity contribution in [3.63, 3.8) is 0 Å². The monoisotopic (exact) mass is 355 g/mol. The normalized spacial score (nSPS) is 15.7. The lowest BCUT2D eigenvalue weighted by molar-refractivity contribution is 0.0596. The molecule has 0 fully saturated rings. The fraction of sp³-hybridized carbons (Fsp3) is 0.421. The molecule has 1 aromatic heterocycles. The van der Waals surface area contributed by atoms with E-state index in [0.717, 1.165) is 43.5 Å². The van der Waals surface area contributed by atoms with Crippen molar-refractivity contribution in [2.24, 2.45) is 0 Å². The molecule has 0 atom stereocenters. The molecule has 136 valence electrons. The maximum atomic E-state index is 12.2. The van der Waals surface area contributed by atoms with E-state index in [4.69, 9.17) is 9.47 Å². The minimum absolute atomic E-state index is 0.0486. The number of ether oxygens (including phenoxy) is 2. The minimum Gasteiger partial charge on any atom is -0.487 e. The van der Waals surface area contributed by atoms with Crippen LogP contribution in [0.4, 0.5) is 0 Å². The van der Waals surface area contributed by atoms with E-state index >= 15 is 0 Å². The molecular formula is C19H21N3O4. The number of aromatic nitrogens is 2. The molecule has 0 saturated heterocycles. The van der Waals surface area contributed by atoms with Gasteiger partial charge in [-0.05, 0) is 49.4 Å². The number of carbonyl (C=O) groups is 2. The molecule has 4 rings (SSSR count). The van der Waals surface area contributed by atoms with Gasteiger partial charge in [0.25, 0.3) is 5.91 Å². The van der Waals surface area contributed by atoms with E-state index in [0.29, 0.717) is 29.1 Å². The number of methoxy groups -OCH3 is 1. The Morgan fingerprint density at radius 2 is 2.19 bits per heavy atom. The zero-order chi connectivity index (χ0) is 18.1. The summed E-state index contributed by atoms with van der Waals surface area (Å²) in [5, 5.41) is 7.39. The van der Waals surface area contributed by atoms with Crippen LogP contribution in [0.1, 0.15) is 50.5 Å². The van der Waals surface area contributed by atoms with Gasteiger partial charge in [0.05, 0.1) is 12.8 Å². The highest BCUT2D eigenvalue weighted by molar-refractivity contribution is 5.96. The zero-order valence-corrected chi connectivity index (χ0v) is 14.7. The summed E-state index contributed by atoms with van der Waals surface area (Å²) in [7, 11) is 1.38. The number of amides is 1. The van der Waals surface area contributed by atoms with E-state index in [9.17, 15) is 9.59 Å². The Balaban J connectivity index is 1.57. The van der Waals surface area contributed by atoms with Crippen LogP contribution in [0.2, 0.25) is 0 Å². The molecule has 1 amide bonds. The molecule has 2 aliphatic rings. The lowest BCUT2D eigenvalue weighted by Gasteiger charge is -2.17. The lowest BCUT2D eigenvalue weighted by atomic mass is 10.0. The first-order valence-corrected chi connectivity index (χ1v) is 8.88. The second-order valence-electron chi connectivity index (χ2n) is 6.55. The molecule has 3 heterocycles. The first kappa shape index (κ1) is 16.6. The quantitative estimate of drug-likeness (QED) is 0.847. The van der Waals surface area contributed by atoms with Crippen LogP contribution in [0, 0.1) is 0 Å². The van der Waals surface area contributed by atoms with Crippen LogP contribution in [0.25, 0.3) is 0 Å².